The monoisotopic (exact) mass is 236 g/mol. The average molecular weight is 236 g/mol. The molecular formula is C14H17FO2. The molecule has 2 rings (SSSR count). The summed E-state index contributed by atoms with van der Waals surface area (Å²) in [6.07, 6.45) is 3.77. The molecule has 2 nitrogen and oxygen atoms in total. The van der Waals surface area contributed by atoms with E-state index in [0.717, 1.165) is 12.3 Å². The van der Waals surface area contributed by atoms with Crippen LogP contribution in [0.25, 0.3) is 0 Å². The van der Waals surface area contributed by atoms with Crippen LogP contribution >= 0.6 is 0 Å². The largest absolute Gasteiger partial charge is 0.374 e. The van der Waals surface area contributed by atoms with Crippen LogP contribution in [0.2, 0.25) is 0 Å². The number of rotatable bonds is 7. The maximum absolute atomic E-state index is 13.3. The van der Waals surface area contributed by atoms with Crippen molar-refractivity contribution in [2.75, 3.05) is 13.2 Å². The van der Waals surface area contributed by atoms with Crippen molar-refractivity contribution in [1.82, 2.24) is 0 Å². The van der Waals surface area contributed by atoms with Crippen LogP contribution in [0.1, 0.15) is 24.8 Å². The van der Waals surface area contributed by atoms with Gasteiger partial charge in [0, 0.05) is 13.0 Å². The van der Waals surface area contributed by atoms with Gasteiger partial charge in [-0.05, 0) is 24.0 Å². The van der Waals surface area contributed by atoms with Crippen LogP contribution in [0, 0.1) is 11.7 Å². The van der Waals surface area contributed by atoms with Crippen molar-refractivity contribution in [3.8, 4) is 0 Å². The lowest BCUT2D eigenvalue weighted by molar-refractivity contribution is -0.123. The van der Waals surface area contributed by atoms with E-state index in [4.69, 9.17) is 4.74 Å². The predicted octanol–water partition coefficient (Wildman–Crippen LogP) is 2.75. The summed E-state index contributed by atoms with van der Waals surface area (Å²) in [5.74, 6) is 0.432. The number of halogens is 1. The fourth-order valence-corrected chi connectivity index (χ4v) is 1.75. The number of carbonyl (C=O) groups excluding carboxylic acids is 1. The maximum atomic E-state index is 13.3. The van der Waals surface area contributed by atoms with Gasteiger partial charge in [0.15, 0.2) is 5.78 Å². The molecule has 0 spiro atoms. The molecule has 0 saturated heterocycles. The first kappa shape index (κ1) is 12.2. The number of Topliss-reactive ketones (excluding diaryl/α,β-unsaturated/α-hetero) is 1. The zero-order valence-corrected chi connectivity index (χ0v) is 9.82. The minimum Gasteiger partial charge on any atom is -0.374 e. The highest BCUT2D eigenvalue weighted by molar-refractivity contribution is 5.82. The summed E-state index contributed by atoms with van der Waals surface area (Å²) in [6, 6.07) is 6.36. The highest BCUT2D eigenvalue weighted by Crippen LogP contribution is 2.32. The lowest BCUT2D eigenvalue weighted by Crippen LogP contribution is -2.13. The van der Waals surface area contributed by atoms with E-state index in [1.807, 2.05) is 0 Å². The van der Waals surface area contributed by atoms with Crippen LogP contribution in [0.15, 0.2) is 24.3 Å². The van der Waals surface area contributed by atoms with Crippen molar-refractivity contribution in [3.63, 3.8) is 0 Å². The van der Waals surface area contributed by atoms with Crippen LogP contribution < -0.4 is 0 Å². The van der Waals surface area contributed by atoms with Gasteiger partial charge in [-0.15, -0.1) is 0 Å². The Morgan fingerprint density at radius 1 is 1.35 bits per heavy atom. The molecule has 92 valence electrons. The van der Waals surface area contributed by atoms with Gasteiger partial charge in [-0.25, -0.2) is 4.39 Å². The quantitative estimate of drug-likeness (QED) is 0.680. The first-order valence-corrected chi connectivity index (χ1v) is 6.08. The van der Waals surface area contributed by atoms with E-state index < -0.39 is 0 Å². The summed E-state index contributed by atoms with van der Waals surface area (Å²) in [6.45, 7) is 0.745. The van der Waals surface area contributed by atoms with Crippen molar-refractivity contribution in [2.24, 2.45) is 5.92 Å². The SMILES string of the molecule is O=C(COCCC1CC1)Cc1ccccc1F. The summed E-state index contributed by atoms with van der Waals surface area (Å²) in [5, 5.41) is 0. The third kappa shape index (κ3) is 4.27. The molecule has 1 aromatic rings. The van der Waals surface area contributed by atoms with E-state index >= 15 is 0 Å². The molecule has 0 amide bonds. The minimum atomic E-state index is -0.321. The smallest absolute Gasteiger partial charge is 0.162 e. The Morgan fingerprint density at radius 2 is 2.12 bits per heavy atom. The second kappa shape index (κ2) is 5.92. The van der Waals surface area contributed by atoms with Gasteiger partial charge in [-0.3, -0.25) is 4.79 Å². The molecule has 3 heteroatoms. The first-order valence-electron chi connectivity index (χ1n) is 6.08. The Hall–Kier alpha value is -1.22. The van der Waals surface area contributed by atoms with Crippen molar-refractivity contribution in [3.05, 3.63) is 35.6 Å². The van der Waals surface area contributed by atoms with Gasteiger partial charge in [0.1, 0.15) is 12.4 Å². The maximum Gasteiger partial charge on any atom is 0.162 e. The Kier molecular flexibility index (Phi) is 4.26. The van der Waals surface area contributed by atoms with Crippen LogP contribution in [-0.4, -0.2) is 19.0 Å². The Bertz CT molecular complexity index is 386. The number of ketones is 1. The highest BCUT2D eigenvalue weighted by Gasteiger charge is 2.20. The molecule has 0 aliphatic heterocycles. The molecule has 1 saturated carbocycles. The van der Waals surface area contributed by atoms with E-state index in [1.54, 1.807) is 18.2 Å². The summed E-state index contributed by atoms with van der Waals surface area (Å²) in [7, 11) is 0. The number of hydrogen-bond donors (Lipinski definition) is 0. The third-order valence-electron chi connectivity index (χ3n) is 2.98. The molecule has 17 heavy (non-hydrogen) atoms. The first-order chi connectivity index (χ1) is 8.25. The molecule has 0 unspecified atom stereocenters. The molecular weight excluding hydrogens is 219 g/mol. The molecule has 0 atom stereocenters. The van der Waals surface area contributed by atoms with E-state index in [1.165, 1.54) is 18.9 Å². The Balaban J connectivity index is 1.67. The molecule has 1 aliphatic rings. The summed E-state index contributed by atoms with van der Waals surface area (Å²) in [5.41, 5.74) is 0.447. The predicted molar refractivity (Wildman–Crippen MR) is 63.3 cm³/mol. The fourth-order valence-electron chi connectivity index (χ4n) is 1.75. The van der Waals surface area contributed by atoms with Crippen molar-refractivity contribution < 1.29 is 13.9 Å². The van der Waals surface area contributed by atoms with Crippen molar-refractivity contribution >= 4 is 5.78 Å². The van der Waals surface area contributed by atoms with Gasteiger partial charge in [-0.2, -0.15) is 0 Å². The number of carbonyl (C=O) groups is 1. The zero-order valence-electron chi connectivity index (χ0n) is 9.82. The number of hydrogen-bond acceptors (Lipinski definition) is 2. The van der Waals surface area contributed by atoms with Gasteiger partial charge in [-0.1, -0.05) is 31.0 Å². The lowest BCUT2D eigenvalue weighted by Gasteiger charge is -2.04. The second-order valence-electron chi connectivity index (χ2n) is 4.59. The van der Waals surface area contributed by atoms with Gasteiger partial charge in [0.25, 0.3) is 0 Å². The lowest BCUT2D eigenvalue weighted by atomic mass is 10.1. The molecule has 1 aliphatic carbocycles. The van der Waals surface area contributed by atoms with Crippen LogP contribution in [0.3, 0.4) is 0 Å². The van der Waals surface area contributed by atoms with E-state index in [-0.39, 0.29) is 24.6 Å². The third-order valence-corrected chi connectivity index (χ3v) is 2.98. The van der Waals surface area contributed by atoms with Gasteiger partial charge in [0.05, 0.1) is 0 Å². The fraction of sp³-hybridized carbons (Fsp3) is 0.500. The zero-order chi connectivity index (χ0) is 12.1. The summed E-state index contributed by atoms with van der Waals surface area (Å²) >= 11 is 0. The molecule has 0 aromatic heterocycles. The number of ether oxygens (including phenoxy) is 1. The van der Waals surface area contributed by atoms with E-state index in [2.05, 4.69) is 0 Å². The molecule has 0 heterocycles. The Labute approximate surface area is 101 Å². The average Bonchev–Trinajstić information content (AvgIpc) is 3.12. The number of benzene rings is 1. The second-order valence-corrected chi connectivity index (χ2v) is 4.59. The molecule has 0 radical (unpaired) electrons. The minimum absolute atomic E-state index is 0.0640. The summed E-state index contributed by atoms with van der Waals surface area (Å²) < 4.78 is 18.5. The summed E-state index contributed by atoms with van der Waals surface area (Å²) in [4.78, 5) is 11.5. The van der Waals surface area contributed by atoms with Gasteiger partial charge < -0.3 is 4.74 Å². The van der Waals surface area contributed by atoms with Gasteiger partial charge in [0.2, 0.25) is 0 Å². The highest BCUT2D eigenvalue weighted by atomic mass is 19.1. The van der Waals surface area contributed by atoms with E-state index in [0.29, 0.717) is 12.2 Å². The van der Waals surface area contributed by atoms with E-state index in [9.17, 15) is 9.18 Å². The van der Waals surface area contributed by atoms with Crippen LogP contribution in [-0.2, 0) is 16.0 Å². The van der Waals surface area contributed by atoms with Crippen molar-refractivity contribution in [1.29, 1.82) is 0 Å². The molecule has 1 aromatic carbocycles. The molecule has 0 bridgehead atoms. The van der Waals surface area contributed by atoms with Gasteiger partial charge >= 0.3 is 0 Å². The standard InChI is InChI=1S/C14H17FO2/c15-14-4-2-1-3-12(14)9-13(16)10-17-8-7-11-5-6-11/h1-4,11H,5-10H2. The van der Waals surface area contributed by atoms with Crippen LogP contribution in [0.5, 0.6) is 0 Å². The normalized spacial score (nSPS) is 14.9. The topological polar surface area (TPSA) is 26.3 Å². The Morgan fingerprint density at radius 3 is 2.82 bits per heavy atom. The van der Waals surface area contributed by atoms with Crippen molar-refractivity contribution in [2.45, 2.75) is 25.7 Å². The molecule has 1 fully saturated rings. The molecule has 0 N–H and O–H groups in total. The van der Waals surface area contributed by atoms with Crippen LogP contribution in [0.4, 0.5) is 4.39 Å².